The number of nitrogens with one attached hydrogen (secondary N) is 1. The zero-order chi connectivity index (χ0) is 18.3. The van der Waals surface area contributed by atoms with Gasteiger partial charge in [-0.3, -0.25) is 0 Å². The van der Waals surface area contributed by atoms with Crippen molar-refractivity contribution in [3.05, 3.63) is 59.2 Å². The molecule has 0 aromatic heterocycles. The second kappa shape index (κ2) is 8.90. The summed E-state index contributed by atoms with van der Waals surface area (Å²) in [6.07, 6.45) is 0. The van der Waals surface area contributed by atoms with Gasteiger partial charge in [-0.1, -0.05) is 24.3 Å². The summed E-state index contributed by atoms with van der Waals surface area (Å²) in [7, 11) is -2.17. The Kier molecular flexibility index (Phi) is 6.88. The number of methoxy groups -OCH3 is 1. The predicted molar refractivity (Wildman–Crippen MR) is 100 cm³/mol. The predicted octanol–water partition coefficient (Wildman–Crippen LogP) is 3.09. The average Bonchev–Trinajstić information content (AvgIpc) is 2.61. The van der Waals surface area contributed by atoms with Gasteiger partial charge in [0.2, 0.25) is 10.0 Å². The number of benzene rings is 2. The van der Waals surface area contributed by atoms with Crippen LogP contribution in [0.15, 0.2) is 47.4 Å². The quantitative estimate of drug-likeness (QED) is 0.716. The van der Waals surface area contributed by atoms with Crippen molar-refractivity contribution in [2.45, 2.75) is 17.6 Å². The van der Waals surface area contributed by atoms with Gasteiger partial charge < -0.3 is 4.74 Å². The van der Waals surface area contributed by atoms with E-state index in [9.17, 15) is 8.42 Å². The minimum atomic E-state index is -3.62. The van der Waals surface area contributed by atoms with E-state index in [-0.39, 0.29) is 4.90 Å². The van der Waals surface area contributed by atoms with Crippen LogP contribution in [0.25, 0.3) is 0 Å². The molecule has 0 unspecified atom stereocenters. The molecule has 0 saturated heterocycles. The lowest BCUT2D eigenvalue weighted by Gasteiger charge is -2.11. The second-order valence-corrected chi connectivity index (χ2v) is 8.21. The van der Waals surface area contributed by atoms with E-state index in [0.717, 1.165) is 11.1 Å². The van der Waals surface area contributed by atoms with E-state index in [0.29, 0.717) is 29.4 Å². The van der Waals surface area contributed by atoms with Gasteiger partial charge in [-0.25, -0.2) is 13.1 Å². The minimum absolute atomic E-state index is 0.148. The van der Waals surface area contributed by atoms with Crippen LogP contribution in [0.4, 0.5) is 0 Å². The van der Waals surface area contributed by atoms with Crippen molar-refractivity contribution in [1.29, 1.82) is 5.26 Å². The minimum Gasteiger partial charge on any atom is -0.495 e. The largest absolute Gasteiger partial charge is 0.495 e. The molecule has 132 valence electrons. The van der Waals surface area contributed by atoms with Crippen LogP contribution in [0, 0.1) is 18.3 Å². The Morgan fingerprint density at radius 2 is 2.00 bits per heavy atom. The summed E-state index contributed by atoms with van der Waals surface area (Å²) >= 11 is 1.58. The molecule has 2 aromatic rings. The molecule has 0 amide bonds. The lowest BCUT2D eigenvalue weighted by Crippen LogP contribution is -2.26. The lowest BCUT2D eigenvalue weighted by molar-refractivity contribution is 0.402. The third-order valence-corrected chi connectivity index (χ3v) is 6.03. The van der Waals surface area contributed by atoms with Gasteiger partial charge in [0.1, 0.15) is 10.6 Å². The molecule has 2 rings (SSSR count). The first-order valence-electron chi connectivity index (χ1n) is 7.68. The Morgan fingerprint density at radius 3 is 2.72 bits per heavy atom. The van der Waals surface area contributed by atoms with Crippen molar-refractivity contribution in [1.82, 2.24) is 4.72 Å². The SMILES string of the molecule is COc1ccc(C)cc1S(=O)(=O)NCCSCc1ccccc1C#N. The molecule has 0 spiro atoms. The topological polar surface area (TPSA) is 79.2 Å². The van der Waals surface area contributed by atoms with Gasteiger partial charge in [0, 0.05) is 18.1 Å². The van der Waals surface area contributed by atoms with E-state index >= 15 is 0 Å². The fraction of sp³-hybridized carbons (Fsp3) is 0.278. The summed E-state index contributed by atoms with van der Waals surface area (Å²) in [5.74, 6) is 1.60. The molecule has 0 atom stereocenters. The van der Waals surface area contributed by atoms with Crippen molar-refractivity contribution in [3.63, 3.8) is 0 Å². The molecule has 25 heavy (non-hydrogen) atoms. The van der Waals surface area contributed by atoms with Crippen molar-refractivity contribution < 1.29 is 13.2 Å². The molecule has 0 aliphatic heterocycles. The van der Waals surface area contributed by atoms with Crippen molar-refractivity contribution in [2.75, 3.05) is 19.4 Å². The van der Waals surface area contributed by atoms with Crippen LogP contribution < -0.4 is 9.46 Å². The monoisotopic (exact) mass is 376 g/mol. The van der Waals surface area contributed by atoms with E-state index in [1.807, 2.05) is 25.1 Å². The van der Waals surface area contributed by atoms with Gasteiger partial charge in [0.25, 0.3) is 0 Å². The van der Waals surface area contributed by atoms with E-state index in [2.05, 4.69) is 10.8 Å². The normalized spacial score (nSPS) is 11.1. The van der Waals surface area contributed by atoms with E-state index < -0.39 is 10.0 Å². The first-order chi connectivity index (χ1) is 12.0. The van der Waals surface area contributed by atoms with Gasteiger partial charge in [0.15, 0.2) is 0 Å². The molecule has 0 fully saturated rings. The first-order valence-corrected chi connectivity index (χ1v) is 10.3. The Labute approximate surface area is 153 Å². The van der Waals surface area contributed by atoms with Gasteiger partial charge in [0.05, 0.1) is 18.7 Å². The van der Waals surface area contributed by atoms with E-state index in [4.69, 9.17) is 10.00 Å². The molecule has 0 radical (unpaired) electrons. The highest BCUT2D eigenvalue weighted by atomic mass is 32.2. The van der Waals surface area contributed by atoms with Crippen molar-refractivity contribution in [3.8, 4) is 11.8 Å². The maximum Gasteiger partial charge on any atom is 0.244 e. The molecular weight excluding hydrogens is 356 g/mol. The third kappa shape index (κ3) is 5.23. The standard InChI is InChI=1S/C18H20N2O3S2/c1-14-7-8-17(23-2)18(11-14)25(21,22)20-9-10-24-13-16-6-4-3-5-15(16)12-19/h3-8,11,20H,9-10,13H2,1-2H3. The number of hydrogen-bond acceptors (Lipinski definition) is 5. The molecular formula is C18H20N2O3S2. The van der Waals surface area contributed by atoms with Crippen LogP contribution in [0.3, 0.4) is 0 Å². The van der Waals surface area contributed by atoms with Crippen LogP contribution in [0.5, 0.6) is 5.75 Å². The summed E-state index contributed by atoms with van der Waals surface area (Å²) in [4.78, 5) is 0.148. The number of rotatable bonds is 8. The Morgan fingerprint density at radius 1 is 1.24 bits per heavy atom. The highest BCUT2D eigenvalue weighted by Crippen LogP contribution is 2.24. The number of hydrogen-bond donors (Lipinski definition) is 1. The summed E-state index contributed by atoms with van der Waals surface area (Å²) < 4.78 is 32.6. The van der Waals surface area contributed by atoms with E-state index in [1.165, 1.54) is 7.11 Å². The molecule has 0 aliphatic rings. The summed E-state index contributed by atoms with van der Waals surface area (Å²) in [5.41, 5.74) is 2.46. The molecule has 5 nitrogen and oxygen atoms in total. The molecule has 0 aliphatic carbocycles. The lowest BCUT2D eigenvalue weighted by atomic mass is 10.1. The van der Waals surface area contributed by atoms with Crippen LogP contribution >= 0.6 is 11.8 Å². The Hall–Kier alpha value is -2.01. The fourth-order valence-corrected chi connectivity index (χ4v) is 4.53. The molecule has 0 saturated carbocycles. The van der Waals surface area contributed by atoms with Gasteiger partial charge in [-0.15, -0.1) is 0 Å². The Balaban J connectivity index is 1.91. The first kappa shape index (κ1) is 19.3. The number of ether oxygens (including phenoxy) is 1. The third-order valence-electron chi connectivity index (χ3n) is 3.54. The summed E-state index contributed by atoms with van der Waals surface area (Å²) in [6.45, 7) is 2.14. The zero-order valence-corrected chi connectivity index (χ0v) is 15.8. The fourth-order valence-electron chi connectivity index (χ4n) is 2.26. The number of aryl methyl sites for hydroxylation is 1. The maximum atomic E-state index is 12.5. The highest BCUT2D eigenvalue weighted by Gasteiger charge is 2.19. The van der Waals surface area contributed by atoms with Crippen LogP contribution in [-0.2, 0) is 15.8 Å². The van der Waals surface area contributed by atoms with Crippen molar-refractivity contribution >= 4 is 21.8 Å². The zero-order valence-electron chi connectivity index (χ0n) is 14.2. The van der Waals surface area contributed by atoms with Gasteiger partial charge in [-0.05, 0) is 36.2 Å². The molecule has 1 N–H and O–H groups in total. The summed E-state index contributed by atoms with van der Waals surface area (Å²) in [6, 6.07) is 14.6. The number of nitrogens with zero attached hydrogens (tertiary/aromatic N) is 1. The molecule has 2 aromatic carbocycles. The number of thioether (sulfide) groups is 1. The smallest absolute Gasteiger partial charge is 0.244 e. The van der Waals surface area contributed by atoms with Crippen LogP contribution in [0.1, 0.15) is 16.7 Å². The van der Waals surface area contributed by atoms with Gasteiger partial charge in [-0.2, -0.15) is 17.0 Å². The van der Waals surface area contributed by atoms with E-state index in [1.54, 1.807) is 36.0 Å². The highest BCUT2D eigenvalue weighted by molar-refractivity contribution is 7.98. The van der Waals surface area contributed by atoms with Crippen molar-refractivity contribution in [2.24, 2.45) is 0 Å². The van der Waals surface area contributed by atoms with Gasteiger partial charge >= 0.3 is 0 Å². The average molecular weight is 377 g/mol. The second-order valence-electron chi connectivity index (χ2n) is 5.37. The Bertz CT molecular complexity index is 874. The molecule has 7 heteroatoms. The number of nitriles is 1. The molecule has 0 bridgehead atoms. The molecule has 0 heterocycles. The maximum absolute atomic E-state index is 12.5. The summed E-state index contributed by atoms with van der Waals surface area (Å²) in [5, 5.41) is 9.06. The van der Waals surface area contributed by atoms with Crippen LogP contribution in [-0.4, -0.2) is 27.8 Å². The van der Waals surface area contributed by atoms with Crippen LogP contribution in [0.2, 0.25) is 0 Å². The number of sulfonamides is 1.